The van der Waals surface area contributed by atoms with Crippen LogP contribution in [0.25, 0.3) is 0 Å². The van der Waals surface area contributed by atoms with Crippen molar-refractivity contribution in [3.8, 4) is 5.75 Å². The molecule has 0 aliphatic carbocycles. The highest BCUT2D eigenvalue weighted by atomic mass is 16.7. The lowest BCUT2D eigenvalue weighted by atomic mass is 9.99. The first kappa shape index (κ1) is 19.1. The number of aliphatic hydroxyl groups excluding tert-OH is 4. The van der Waals surface area contributed by atoms with Crippen molar-refractivity contribution in [1.82, 2.24) is 0 Å². The van der Waals surface area contributed by atoms with E-state index in [2.05, 4.69) is 0 Å². The van der Waals surface area contributed by atoms with Gasteiger partial charge in [0.05, 0.1) is 12.7 Å². The van der Waals surface area contributed by atoms with Crippen LogP contribution in [0.2, 0.25) is 0 Å². The molecule has 0 amide bonds. The Morgan fingerprint density at radius 1 is 1.08 bits per heavy atom. The van der Waals surface area contributed by atoms with Gasteiger partial charge in [-0.05, 0) is 43.9 Å². The van der Waals surface area contributed by atoms with Crippen molar-refractivity contribution in [3.63, 3.8) is 0 Å². The molecule has 1 aromatic carbocycles. The molecule has 1 heterocycles. The number of aromatic hydroxyl groups is 1. The number of benzene rings is 1. The smallest absolute Gasteiger partial charge is 0.186 e. The van der Waals surface area contributed by atoms with Gasteiger partial charge in [0, 0.05) is 0 Å². The van der Waals surface area contributed by atoms with Crippen molar-refractivity contribution in [2.75, 3.05) is 6.61 Å². The molecule has 1 fully saturated rings. The summed E-state index contributed by atoms with van der Waals surface area (Å²) >= 11 is 0. The standard InChI is InChI=1S/C17H26O7/c1-10(3-2-4-11-5-7-12(19)8-6-11)23-17-16(22)15(21)14(20)13(9-18)24-17/h5-8,10,13-22H,2-4,9H2,1H3. The van der Waals surface area contributed by atoms with Gasteiger partial charge in [-0.2, -0.15) is 0 Å². The van der Waals surface area contributed by atoms with Crippen molar-refractivity contribution in [3.05, 3.63) is 29.8 Å². The lowest BCUT2D eigenvalue weighted by Gasteiger charge is -2.40. The molecule has 0 bridgehead atoms. The zero-order valence-electron chi connectivity index (χ0n) is 13.7. The SMILES string of the molecule is CC(CCCc1ccc(O)cc1)OC1OC(CO)C(O)C(O)C1O. The van der Waals surface area contributed by atoms with E-state index >= 15 is 0 Å². The molecule has 0 radical (unpaired) electrons. The third-order valence-electron chi connectivity index (χ3n) is 4.23. The molecule has 6 unspecified atom stereocenters. The highest BCUT2D eigenvalue weighted by Gasteiger charge is 2.44. The van der Waals surface area contributed by atoms with Crippen LogP contribution in [-0.2, 0) is 15.9 Å². The molecular formula is C17H26O7. The summed E-state index contributed by atoms with van der Waals surface area (Å²) in [7, 11) is 0. The third-order valence-corrected chi connectivity index (χ3v) is 4.23. The van der Waals surface area contributed by atoms with Gasteiger partial charge in [0.1, 0.15) is 30.2 Å². The minimum atomic E-state index is -1.43. The molecule has 6 atom stereocenters. The average Bonchev–Trinajstić information content (AvgIpc) is 2.57. The number of hydrogen-bond acceptors (Lipinski definition) is 7. The van der Waals surface area contributed by atoms with Crippen LogP contribution in [0.15, 0.2) is 24.3 Å². The zero-order chi connectivity index (χ0) is 17.7. The fourth-order valence-corrected chi connectivity index (χ4v) is 2.73. The Kier molecular flexibility index (Phi) is 6.97. The summed E-state index contributed by atoms with van der Waals surface area (Å²) in [5.74, 6) is 0.234. The minimum absolute atomic E-state index is 0.233. The van der Waals surface area contributed by atoms with E-state index in [0.717, 1.165) is 18.4 Å². The van der Waals surface area contributed by atoms with E-state index in [1.54, 1.807) is 12.1 Å². The van der Waals surface area contributed by atoms with E-state index in [0.29, 0.717) is 6.42 Å². The van der Waals surface area contributed by atoms with Crippen LogP contribution in [-0.4, -0.2) is 68.9 Å². The summed E-state index contributed by atoms with van der Waals surface area (Å²) in [6.45, 7) is 1.36. The Balaban J connectivity index is 1.78. The summed E-state index contributed by atoms with van der Waals surface area (Å²) in [6, 6.07) is 7.00. The first-order valence-electron chi connectivity index (χ1n) is 8.16. The second-order valence-corrected chi connectivity index (χ2v) is 6.20. The van der Waals surface area contributed by atoms with E-state index in [1.807, 2.05) is 19.1 Å². The predicted molar refractivity (Wildman–Crippen MR) is 85.4 cm³/mol. The molecule has 24 heavy (non-hydrogen) atoms. The van der Waals surface area contributed by atoms with Crippen molar-refractivity contribution >= 4 is 0 Å². The lowest BCUT2D eigenvalue weighted by molar-refractivity contribution is -0.310. The van der Waals surface area contributed by atoms with Gasteiger partial charge in [-0.25, -0.2) is 0 Å². The van der Waals surface area contributed by atoms with E-state index in [1.165, 1.54) is 0 Å². The third kappa shape index (κ3) is 4.89. The summed E-state index contributed by atoms with van der Waals surface area (Å²) in [4.78, 5) is 0. The maximum atomic E-state index is 9.93. The second-order valence-electron chi connectivity index (χ2n) is 6.20. The first-order chi connectivity index (χ1) is 11.4. The maximum absolute atomic E-state index is 9.93. The second kappa shape index (κ2) is 8.75. The predicted octanol–water partition coefficient (Wildman–Crippen LogP) is -0.0801. The van der Waals surface area contributed by atoms with Gasteiger partial charge >= 0.3 is 0 Å². The van der Waals surface area contributed by atoms with E-state index in [4.69, 9.17) is 14.6 Å². The molecule has 136 valence electrons. The fraction of sp³-hybridized carbons (Fsp3) is 0.647. The maximum Gasteiger partial charge on any atom is 0.186 e. The molecule has 0 spiro atoms. The van der Waals surface area contributed by atoms with Crippen LogP contribution >= 0.6 is 0 Å². The van der Waals surface area contributed by atoms with E-state index < -0.39 is 37.3 Å². The summed E-state index contributed by atoms with van der Waals surface area (Å²) in [5, 5.41) is 47.8. The van der Waals surface area contributed by atoms with Gasteiger partial charge < -0.3 is 35.0 Å². The van der Waals surface area contributed by atoms with Crippen LogP contribution in [0.3, 0.4) is 0 Å². The normalized spacial score (nSPS) is 31.8. The first-order valence-corrected chi connectivity index (χ1v) is 8.16. The fourth-order valence-electron chi connectivity index (χ4n) is 2.73. The molecule has 0 saturated carbocycles. The Morgan fingerprint density at radius 2 is 1.75 bits per heavy atom. The Labute approximate surface area is 141 Å². The van der Waals surface area contributed by atoms with Crippen LogP contribution in [0.1, 0.15) is 25.3 Å². The van der Waals surface area contributed by atoms with Crippen LogP contribution in [0.4, 0.5) is 0 Å². The van der Waals surface area contributed by atoms with Gasteiger partial charge in [0.25, 0.3) is 0 Å². The zero-order valence-corrected chi connectivity index (χ0v) is 13.7. The highest BCUT2D eigenvalue weighted by molar-refractivity contribution is 5.25. The molecule has 2 rings (SSSR count). The molecule has 1 aliphatic rings. The summed E-state index contributed by atoms with van der Waals surface area (Å²) in [6.07, 6.45) is -4.10. The number of phenolic OH excluding ortho intramolecular Hbond substituents is 1. The van der Waals surface area contributed by atoms with Crippen molar-refractivity contribution in [2.24, 2.45) is 0 Å². The minimum Gasteiger partial charge on any atom is -0.508 e. The molecule has 1 saturated heterocycles. The molecule has 5 N–H and O–H groups in total. The largest absolute Gasteiger partial charge is 0.508 e. The van der Waals surface area contributed by atoms with Crippen LogP contribution in [0, 0.1) is 0 Å². The van der Waals surface area contributed by atoms with Crippen molar-refractivity contribution in [1.29, 1.82) is 0 Å². The van der Waals surface area contributed by atoms with Gasteiger partial charge in [-0.3, -0.25) is 0 Å². The number of aryl methyl sites for hydroxylation is 1. The Bertz CT molecular complexity index is 490. The number of ether oxygens (including phenoxy) is 2. The van der Waals surface area contributed by atoms with Crippen molar-refractivity contribution in [2.45, 2.75) is 63.0 Å². The average molecular weight is 342 g/mol. The molecular weight excluding hydrogens is 316 g/mol. The molecule has 0 aromatic heterocycles. The van der Waals surface area contributed by atoms with Gasteiger partial charge in [0.2, 0.25) is 0 Å². The quantitative estimate of drug-likeness (QED) is 0.470. The van der Waals surface area contributed by atoms with Crippen molar-refractivity contribution < 1.29 is 35.0 Å². The highest BCUT2D eigenvalue weighted by Crippen LogP contribution is 2.24. The summed E-state index contributed by atoms with van der Waals surface area (Å²) < 4.78 is 10.9. The lowest BCUT2D eigenvalue weighted by Crippen LogP contribution is -2.59. The van der Waals surface area contributed by atoms with Gasteiger partial charge in [0.15, 0.2) is 6.29 Å². The molecule has 1 aromatic rings. The molecule has 7 heteroatoms. The topological polar surface area (TPSA) is 120 Å². The van der Waals surface area contributed by atoms with E-state index in [9.17, 15) is 20.4 Å². The number of rotatable bonds is 7. The summed E-state index contributed by atoms with van der Waals surface area (Å²) in [5.41, 5.74) is 1.10. The van der Waals surface area contributed by atoms with Crippen LogP contribution in [0.5, 0.6) is 5.75 Å². The van der Waals surface area contributed by atoms with Gasteiger partial charge in [-0.15, -0.1) is 0 Å². The molecule has 1 aliphatic heterocycles. The van der Waals surface area contributed by atoms with Crippen LogP contribution < -0.4 is 0 Å². The number of hydrogen-bond donors (Lipinski definition) is 5. The monoisotopic (exact) mass is 342 g/mol. The Hall–Kier alpha value is -1.22. The Morgan fingerprint density at radius 3 is 2.38 bits per heavy atom. The number of phenols is 1. The number of aliphatic hydroxyl groups is 4. The molecule has 7 nitrogen and oxygen atoms in total. The van der Waals surface area contributed by atoms with Gasteiger partial charge in [-0.1, -0.05) is 12.1 Å². The van der Waals surface area contributed by atoms with E-state index in [-0.39, 0.29) is 11.9 Å².